The van der Waals surface area contributed by atoms with Gasteiger partial charge in [0.15, 0.2) is 11.5 Å². The second-order valence-electron chi connectivity index (χ2n) is 7.47. The lowest BCUT2D eigenvalue weighted by molar-refractivity contribution is -0.130. The van der Waals surface area contributed by atoms with Crippen molar-refractivity contribution in [2.75, 3.05) is 31.1 Å². The standard InChI is InChI=1S/C20H21BrN6O/c21-16-5-1-14(2-6-16)13-19(28)26-11-9-25(10-12-26)18-8-7-17-22-23-20(15-3-4-15)27(17)24-18/h1-2,5-8,15H,3-4,9-13H2. The summed E-state index contributed by atoms with van der Waals surface area (Å²) in [6.45, 7) is 3.00. The average molecular weight is 441 g/mol. The van der Waals surface area contributed by atoms with Crippen LogP contribution >= 0.6 is 15.9 Å². The number of carbonyl (C=O) groups is 1. The highest BCUT2D eigenvalue weighted by molar-refractivity contribution is 9.10. The average Bonchev–Trinajstić information content (AvgIpc) is 3.48. The smallest absolute Gasteiger partial charge is 0.227 e. The SMILES string of the molecule is O=C(Cc1ccc(Br)cc1)N1CCN(c2ccc3nnc(C4CC4)n3n2)CC1. The summed E-state index contributed by atoms with van der Waals surface area (Å²) in [6, 6.07) is 11.9. The molecule has 0 atom stereocenters. The number of hydrogen-bond acceptors (Lipinski definition) is 5. The number of rotatable bonds is 4. The highest BCUT2D eigenvalue weighted by atomic mass is 79.9. The van der Waals surface area contributed by atoms with Crippen LogP contribution in [0.5, 0.6) is 0 Å². The van der Waals surface area contributed by atoms with Crippen LogP contribution in [-0.4, -0.2) is 56.8 Å². The van der Waals surface area contributed by atoms with E-state index in [2.05, 4.69) is 31.0 Å². The molecule has 3 heterocycles. The molecule has 1 amide bonds. The Labute approximate surface area is 171 Å². The molecular formula is C20H21BrN6O. The fraction of sp³-hybridized carbons (Fsp3) is 0.400. The van der Waals surface area contributed by atoms with Gasteiger partial charge in [-0.2, -0.15) is 4.52 Å². The van der Waals surface area contributed by atoms with Crippen LogP contribution in [0.2, 0.25) is 0 Å². The van der Waals surface area contributed by atoms with Gasteiger partial charge in [0.1, 0.15) is 5.82 Å². The molecule has 0 N–H and O–H groups in total. The van der Waals surface area contributed by atoms with Crippen molar-refractivity contribution < 1.29 is 4.79 Å². The highest BCUT2D eigenvalue weighted by Crippen LogP contribution is 2.38. The Morgan fingerprint density at radius 2 is 1.75 bits per heavy atom. The van der Waals surface area contributed by atoms with E-state index in [9.17, 15) is 4.79 Å². The summed E-state index contributed by atoms with van der Waals surface area (Å²) in [6.07, 6.45) is 2.79. The molecule has 144 valence electrons. The Balaban J connectivity index is 1.24. The van der Waals surface area contributed by atoms with E-state index in [1.807, 2.05) is 45.8 Å². The molecule has 2 aliphatic rings. The first kappa shape index (κ1) is 17.6. The zero-order valence-electron chi connectivity index (χ0n) is 15.5. The maximum Gasteiger partial charge on any atom is 0.227 e. The van der Waals surface area contributed by atoms with E-state index in [1.165, 1.54) is 12.8 Å². The van der Waals surface area contributed by atoms with Gasteiger partial charge >= 0.3 is 0 Å². The topological polar surface area (TPSA) is 66.6 Å². The molecule has 2 aromatic heterocycles. The molecule has 2 fully saturated rings. The number of aromatic nitrogens is 4. The summed E-state index contributed by atoms with van der Waals surface area (Å²) in [4.78, 5) is 16.8. The molecule has 1 aliphatic carbocycles. The Morgan fingerprint density at radius 1 is 1.00 bits per heavy atom. The van der Waals surface area contributed by atoms with Crippen molar-refractivity contribution >= 4 is 33.3 Å². The first-order valence-electron chi connectivity index (χ1n) is 9.67. The second-order valence-corrected chi connectivity index (χ2v) is 8.38. The number of fused-ring (bicyclic) bond motifs is 1. The molecule has 0 unspecified atom stereocenters. The van der Waals surface area contributed by atoms with Crippen molar-refractivity contribution in [2.45, 2.75) is 25.2 Å². The molecule has 3 aromatic rings. The number of anilines is 1. The van der Waals surface area contributed by atoms with E-state index in [4.69, 9.17) is 5.10 Å². The Hall–Kier alpha value is -2.48. The van der Waals surface area contributed by atoms with E-state index in [-0.39, 0.29) is 5.91 Å². The minimum Gasteiger partial charge on any atom is -0.352 e. The number of amides is 1. The maximum absolute atomic E-state index is 12.6. The molecule has 0 radical (unpaired) electrons. The minimum atomic E-state index is 0.181. The summed E-state index contributed by atoms with van der Waals surface area (Å²) in [7, 11) is 0. The van der Waals surface area contributed by atoms with Crippen molar-refractivity contribution in [3.05, 3.63) is 52.3 Å². The zero-order chi connectivity index (χ0) is 19.1. The summed E-state index contributed by atoms with van der Waals surface area (Å²) in [5.74, 6) is 2.58. The molecule has 0 spiro atoms. The summed E-state index contributed by atoms with van der Waals surface area (Å²) < 4.78 is 2.91. The van der Waals surface area contributed by atoms with E-state index in [0.717, 1.165) is 40.4 Å². The van der Waals surface area contributed by atoms with Crippen molar-refractivity contribution in [1.29, 1.82) is 0 Å². The van der Waals surface area contributed by atoms with Gasteiger partial charge in [-0.05, 0) is 42.7 Å². The van der Waals surface area contributed by atoms with Crippen LogP contribution < -0.4 is 4.90 Å². The molecule has 1 saturated carbocycles. The summed E-state index contributed by atoms with van der Waals surface area (Å²) in [5, 5.41) is 13.3. The van der Waals surface area contributed by atoms with Gasteiger partial charge in [-0.15, -0.1) is 15.3 Å². The largest absolute Gasteiger partial charge is 0.352 e. The van der Waals surface area contributed by atoms with Gasteiger partial charge in [-0.1, -0.05) is 28.1 Å². The zero-order valence-corrected chi connectivity index (χ0v) is 17.0. The first-order valence-corrected chi connectivity index (χ1v) is 10.5. The van der Waals surface area contributed by atoms with Crippen LogP contribution in [0.15, 0.2) is 40.9 Å². The van der Waals surface area contributed by atoms with Gasteiger partial charge in [-0.25, -0.2) is 0 Å². The number of carbonyl (C=O) groups excluding carboxylic acids is 1. The lowest BCUT2D eigenvalue weighted by Crippen LogP contribution is -2.49. The second kappa shape index (κ2) is 7.16. The maximum atomic E-state index is 12.6. The third-order valence-electron chi connectivity index (χ3n) is 5.44. The quantitative estimate of drug-likeness (QED) is 0.623. The molecule has 1 aromatic carbocycles. The lowest BCUT2D eigenvalue weighted by Gasteiger charge is -2.35. The first-order chi connectivity index (χ1) is 13.7. The molecular weight excluding hydrogens is 420 g/mol. The molecule has 0 bridgehead atoms. The predicted molar refractivity (Wildman–Crippen MR) is 109 cm³/mol. The number of hydrogen-bond donors (Lipinski definition) is 0. The Kier molecular flexibility index (Phi) is 4.50. The van der Waals surface area contributed by atoms with Crippen LogP contribution in [0.4, 0.5) is 5.82 Å². The van der Waals surface area contributed by atoms with Crippen LogP contribution in [-0.2, 0) is 11.2 Å². The van der Waals surface area contributed by atoms with Gasteiger partial charge < -0.3 is 9.80 Å². The van der Waals surface area contributed by atoms with Crippen LogP contribution in [0.25, 0.3) is 5.65 Å². The number of halogens is 1. The molecule has 8 heteroatoms. The normalized spacial score (nSPS) is 17.3. The van der Waals surface area contributed by atoms with Crippen LogP contribution in [0.1, 0.15) is 30.1 Å². The summed E-state index contributed by atoms with van der Waals surface area (Å²) >= 11 is 3.43. The fourth-order valence-corrected chi connectivity index (χ4v) is 3.90. The number of benzene rings is 1. The van der Waals surface area contributed by atoms with Gasteiger partial charge in [0.05, 0.1) is 6.42 Å². The lowest BCUT2D eigenvalue weighted by atomic mass is 10.1. The predicted octanol–water partition coefficient (Wildman–Crippen LogP) is 2.66. The van der Waals surface area contributed by atoms with Gasteiger partial charge in [0.25, 0.3) is 0 Å². The van der Waals surface area contributed by atoms with Crippen molar-refractivity contribution in [1.82, 2.24) is 24.7 Å². The number of piperazine rings is 1. The minimum absolute atomic E-state index is 0.181. The monoisotopic (exact) mass is 440 g/mol. The van der Waals surface area contributed by atoms with Crippen molar-refractivity contribution in [3.63, 3.8) is 0 Å². The fourth-order valence-electron chi connectivity index (χ4n) is 3.63. The molecule has 5 rings (SSSR count). The third-order valence-corrected chi connectivity index (χ3v) is 5.97. The van der Waals surface area contributed by atoms with Gasteiger partial charge in [0, 0.05) is 36.6 Å². The van der Waals surface area contributed by atoms with Gasteiger partial charge in [0.2, 0.25) is 5.91 Å². The number of nitrogens with zero attached hydrogens (tertiary/aromatic N) is 6. The molecule has 1 saturated heterocycles. The van der Waals surface area contributed by atoms with Crippen LogP contribution in [0.3, 0.4) is 0 Å². The van der Waals surface area contributed by atoms with E-state index >= 15 is 0 Å². The Bertz CT molecular complexity index is 1010. The molecule has 7 nitrogen and oxygen atoms in total. The molecule has 1 aliphatic heterocycles. The highest BCUT2D eigenvalue weighted by Gasteiger charge is 2.30. The van der Waals surface area contributed by atoms with Gasteiger partial charge in [-0.3, -0.25) is 4.79 Å². The molecule has 28 heavy (non-hydrogen) atoms. The van der Waals surface area contributed by atoms with Crippen LogP contribution in [0, 0.1) is 0 Å². The van der Waals surface area contributed by atoms with Crippen molar-refractivity contribution in [3.8, 4) is 0 Å². The Morgan fingerprint density at radius 3 is 2.46 bits per heavy atom. The van der Waals surface area contributed by atoms with E-state index in [0.29, 0.717) is 25.4 Å². The van der Waals surface area contributed by atoms with E-state index in [1.54, 1.807) is 0 Å². The van der Waals surface area contributed by atoms with Crippen molar-refractivity contribution in [2.24, 2.45) is 0 Å². The third kappa shape index (κ3) is 3.48. The van der Waals surface area contributed by atoms with E-state index < -0.39 is 0 Å². The summed E-state index contributed by atoms with van der Waals surface area (Å²) in [5.41, 5.74) is 1.84.